The van der Waals surface area contributed by atoms with Gasteiger partial charge >= 0.3 is 5.97 Å². The third kappa shape index (κ3) is 3.01. The number of hydrogen-bond donors (Lipinski definition) is 0. The fourth-order valence-electron chi connectivity index (χ4n) is 2.93. The van der Waals surface area contributed by atoms with Crippen LogP contribution in [0, 0.1) is 13.8 Å². The minimum atomic E-state index is -0.702. The van der Waals surface area contributed by atoms with E-state index in [4.69, 9.17) is 13.6 Å². The largest absolute Gasteiger partial charge is 0.461 e. The van der Waals surface area contributed by atoms with Crippen LogP contribution in [0.25, 0.3) is 22.5 Å². The Morgan fingerprint density at radius 1 is 1.15 bits per heavy atom. The van der Waals surface area contributed by atoms with Gasteiger partial charge in [-0.2, -0.15) is 0 Å². The van der Waals surface area contributed by atoms with E-state index in [1.54, 1.807) is 36.5 Å². The summed E-state index contributed by atoms with van der Waals surface area (Å²) in [6.45, 7) is 3.74. The van der Waals surface area contributed by atoms with Crippen LogP contribution >= 0.6 is 0 Å². The lowest BCUT2D eigenvalue weighted by Crippen LogP contribution is -2.16. The van der Waals surface area contributed by atoms with E-state index in [1.165, 1.54) is 12.5 Å². The van der Waals surface area contributed by atoms with Crippen molar-refractivity contribution in [2.24, 2.45) is 0 Å². The van der Waals surface area contributed by atoms with Gasteiger partial charge in [0.05, 0.1) is 17.2 Å². The Balaban J connectivity index is 1.95. The van der Waals surface area contributed by atoms with E-state index >= 15 is 0 Å². The molecular weight excluding hydrogens is 346 g/mol. The number of carbonyl (C=O) groups is 1. The van der Waals surface area contributed by atoms with E-state index in [-0.39, 0.29) is 17.1 Å². The average molecular weight is 361 g/mol. The molecule has 1 aromatic carbocycles. The topological polar surface area (TPSA) is 82.5 Å². The molecule has 0 spiro atoms. The molecule has 134 valence electrons. The molecule has 0 radical (unpaired) electrons. The number of rotatable bonds is 3. The van der Waals surface area contributed by atoms with E-state index in [0.717, 1.165) is 11.1 Å². The molecule has 27 heavy (non-hydrogen) atoms. The molecule has 0 amide bonds. The van der Waals surface area contributed by atoms with Crippen LogP contribution in [0.2, 0.25) is 0 Å². The number of aromatic nitrogens is 1. The van der Waals surface area contributed by atoms with Crippen LogP contribution in [0.4, 0.5) is 0 Å². The standard InChI is InChI=1S/C21H15NO5/c1-12-9-13(2)18-15(10-12)17(23)20(19(26-18)16-6-4-8-25-16)27-21(24)14-5-3-7-22-11-14/h3-11H,1-2H3. The Hall–Kier alpha value is -3.67. The third-order valence-electron chi connectivity index (χ3n) is 4.12. The van der Waals surface area contributed by atoms with Gasteiger partial charge in [-0.05, 0) is 55.3 Å². The molecule has 3 aromatic heterocycles. The molecule has 0 aliphatic heterocycles. The van der Waals surface area contributed by atoms with E-state index in [9.17, 15) is 9.59 Å². The van der Waals surface area contributed by atoms with Crippen LogP contribution in [-0.4, -0.2) is 11.0 Å². The van der Waals surface area contributed by atoms with Gasteiger partial charge in [0.1, 0.15) is 5.58 Å². The van der Waals surface area contributed by atoms with Gasteiger partial charge in [0.2, 0.25) is 16.9 Å². The SMILES string of the molecule is Cc1cc(C)c2oc(-c3ccco3)c(OC(=O)c3cccnc3)c(=O)c2c1. The summed E-state index contributed by atoms with van der Waals surface area (Å²) in [6, 6.07) is 10.1. The maximum absolute atomic E-state index is 13.1. The monoisotopic (exact) mass is 361 g/mol. The number of fused-ring (bicyclic) bond motifs is 1. The van der Waals surface area contributed by atoms with Gasteiger partial charge in [-0.1, -0.05) is 6.07 Å². The second kappa shape index (κ2) is 6.57. The fourth-order valence-corrected chi connectivity index (χ4v) is 2.93. The van der Waals surface area contributed by atoms with E-state index in [1.807, 2.05) is 19.9 Å². The first-order chi connectivity index (χ1) is 13.0. The summed E-state index contributed by atoms with van der Waals surface area (Å²) in [4.78, 5) is 29.5. The van der Waals surface area contributed by atoms with Gasteiger partial charge in [0, 0.05) is 12.4 Å². The Kier molecular flexibility index (Phi) is 4.08. The van der Waals surface area contributed by atoms with Crippen LogP contribution in [0.3, 0.4) is 0 Å². The van der Waals surface area contributed by atoms with Crippen LogP contribution in [0.15, 0.2) is 68.7 Å². The second-order valence-corrected chi connectivity index (χ2v) is 6.16. The first-order valence-electron chi connectivity index (χ1n) is 8.29. The zero-order valence-corrected chi connectivity index (χ0v) is 14.7. The summed E-state index contributed by atoms with van der Waals surface area (Å²) in [5, 5.41) is 0.344. The van der Waals surface area contributed by atoms with E-state index in [2.05, 4.69) is 4.98 Å². The molecule has 0 fully saturated rings. The molecule has 6 nitrogen and oxygen atoms in total. The lowest BCUT2D eigenvalue weighted by atomic mass is 10.1. The van der Waals surface area contributed by atoms with Crippen molar-refractivity contribution >= 4 is 16.9 Å². The molecule has 3 heterocycles. The van der Waals surface area contributed by atoms with Crippen LogP contribution in [0.1, 0.15) is 21.5 Å². The molecule has 4 aromatic rings. The van der Waals surface area contributed by atoms with Crippen molar-refractivity contribution in [2.45, 2.75) is 13.8 Å². The number of aryl methyl sites for hydroxylation is 2. The van der Waals surface area contributed by atoms with Crippen molar-refractivity contribution in [1.29, 1.82) is 0 Å². The molecule has 6 heteroatoms. The maximum Gasteiger partial charge on any atom is 0.345 e. The number of furan rings is 1. The molecule has 0 aliphatic carbocycles. The van der Waals surface area contributed by atoms with Gasteiger partial charge in [0.15, 0.2) is 5.76 Å². The van der Waals surface area contributed by atoms with Crippen molar-refractivity contribution in [2.75, 3.05) is 0 Å². The highest BCUT2D eigenvalue weighted by atomic mass is 16.5. The smallest absolute Gasteiger partial charge is 0.345 e. The zero-order chi connectivity index (χ0) is 19.0. The molecular formula is C21H15NO5. The first-order valence-corrected chi connectivity index (χ1v) is 8.29. The number of hydrogen-bond acceptors (Lipinski definition) is 6. The van der Waals surface area contributed by atoms with Crippen LogP contribution < -0.4 is 10.2 Å². The highest BCUT2D eigenvalue weighted by Crippen LogP contribution is 2.33. The van der Waals surface area contributed by atoms with E-state index < -0.39 is 11.4 Å². The predicted molar refractivity (Wildman–Crippen MR) is 98.9 cm³/mol. The number of pyridine rings is 1. The van der Waals surface area contributed by atoms with Gasteiger partial charge in [-0.3, -0.25) is 9.78 Å². The first kappa shape index (κ1) is 16.8. The van der Waals surface area contributed by atoms with Crippen molar-refractivity contribution < 1.29 is 18.4 Å². The highest BCUT2D eigenvalue weighted by molar-refractivity contribution is 5.92. The molecule has 0 saturated carbocycles. The van der Waals surface area contributed by atoms with Crippen molar-refractivity contribution in [3.63, 3.8) is 0 Å². The molecule has 0 N–H and O–H groups in total. The summed E-state index contributed by atoms with van der Waals surface area (Å²) >= 11 is 0. The predicted octanol–water partition coefficient (Wildman–Crippen LogP) is 4.28. The maximum atomic E-state index is 13.1. The molecule has 0 saturated heterocycles. The normalized spacial score (nSPS) is 10.9. The number of nitrogens with zero attached hydrogens (tertiary/aromatic N) is 1. The van der Waals surface area contributed by atoms with Crippen LogP contribution in [-0.2, 0) is 0 Å². The third-order valence-corrected chi connectivity index (χ3v) is 4.12. The number of carbonyl (C=O) groups excluding carboxylic acids is 1. The van der Waals surface area contributed by atoms with Crippen molar-refractivity contribution in [3.05, 3.63) is 82.0 Å². The summed E-state index contributed by atoms with van der Waals surface area (Å²) in [6.07, 6.45) is 4.36. The van der Waals surface area contributed by atoms with Gasteiger partial charge in [0.25, 0.3) is 0 Å². The fraction of sp³-hybridized carbons (Fsp3) is 0.0952. The van der Waals surface area contributed by atoms with Gasteiger partial charge in [-0.15, -0.1) is 0 Å². The lowest BCUT2D eigenvalue weighted by Gasteiger charge is -2.10. The van der Waals surface area contributed by atoms with Gasteiger partial charge < -0.3 is 13.6 Å². The summed E-state index contributed by atoms with van der Waals surface area (Å²) in [5.74, 6) is -0.548. The molecule has 0 atom stereocenters. The Labute approximate surface area is 154 Å². The zero-order valence-electron chi connectivity index (χ0n) is 14.7. The average Bonchev–Trinajstić information content (AvgIpc) is 3.19. The Bertz CT molecular complexity index is 1190. The molecule has 0 aliphatic rings. The van der Waals surface area contributed by atoms with Crippen molar-refractivity contribution in [3.8, 4) is 17.3 Å². The number of esters is 1. The van der Waals surface area contributed by atoms with Crippen LogP contribution in [0.5, 0.6) is 5.75 Å². The summed E-state index contributed by atoms with van der Waals surface area (Å²) < 4.78 is 16.8. The Morgan fingerprint density at radius 2 is 2.00 bits per heavy atom. The quantitative estimate of drug-likeness (QED) is 0.506. The van der Waals surface area contributed by atoms with Crippen molar-refractivity contribution in [1.82, 2.24) is 4.98 Å². The van der Waals surface area contributed by atoms with Gasteiger partial charge in [-0.25, -0.2) is 4.79 Å². The summed E-state index contributed by atoms with van der Waals surface area (Å²) in [7, 11) is 0. The summed E-state index contributed by atoms with van der Waals surface area (Å²) in [5.41, 5.74) is 1.93. The number of benzene rings is 1. The minimum Gasteiger partial charge on any atom is -0.461 e. The minimum absolute atomic E-state index is 0.0710. The second-order valence-electron chi connectivity index (χ2n) is 6.16. The Morgan fingerprint density at radius 3 is 2.70 bits per heavy atom. The number of ether oxygens (including phenoxy) is 1. The molecule has 0 bridgehead atoms. The molecule has 4 rings (SSSR count). The molecule has 0 unspecified atom stereocenters. The van der Waals surface area contributed by atoms with E-state index in [0.29, 0.717) is 16.7 Å². The highest BCUT2D eigenvalue weighted by Gasteiger charge is 2.23. The lowest BCUT2D eigenvalue weighted by molar-refractivity contribution is 0.0730.